The van der Waals surface area contributed by atoms with Crippen molar-refractivity contribution in [2.24, 2.45) is 11.8 Å². The molecule has 1 aliphatic rings. The first kappa shape index (κ1) is 11.0. The van der Waals surface area contributed by atoms with Gasteiger partial charge in [0.1, 0.15) is 0 Å². The van der Waals surface area contributed by atoms with Gasteiger partial charge in [0, 0.05) is 13.6 Å². The van der Waals surface area contributed by atoms with E-state index in [9.17, 15) is 9.59 Å². The zero-order chi connectivity index (χ0) is 10.6. The van der Waals surface area contributed by atoms with Gasteiger partial charge in [-0.05, 0) is 18.8 Å². The molecule has 0 unspecified atom stereocenters. The molecule has 14 heavy (non-hydrogen) atoms. The number of rotatable bonds is 2. The summed E-state index contributed by atoms with van der Waals surface area (Å²) >= 11 is 0. The van der Waals surface area contributed by atoms with Crippen molar-refractivity contribution >= 4 is 11.8 Å². The number of carbonyl (C=O) groups is 2. The summed E-state index contributed by atoms with van der Waals surface area (Å²) in [4.78, 5) is 23.6. The van der Waals surface area contributed by atoms with Crippen LogP contribution in [-0.4, -0.2) is 30.3 Å². The Kier molecular flexibility index (Phi) is 3.88. The van der Waals surface area contributed by atoms with Crippen molar-refractivity contribution in [3.05, 3.63) is 0 Å². The summed E-state index contributed by atoms with van der Waals surface area (Å²) in [6.07, 6.45) is 4.77. The van der Waals surface area contributed by atoms with Crippen molar-refractivity contribution in [3.63, 3.8) is 0 Å². The standard InChI is InChI=1S/C9H17N3O2/c1-12(9(14)8(13)11-10)6-7-4-2-3-5-7/h7H,2-6,10H2,1H3,(H,11,13). The van der Waals surface area contributed by atoms with Gasteiger partial charge in [0.2, 0.25) is 0 Å². The predicted molar refractivity (Wildman–Crippen MR) is 51.9 cm³/mol. The van der Waals surface area contributed by atoms with E-state index in [1.54, 1.807) is 7.05 Å². The first-order valence-electron chi connectivity index (χ1n) is 4.91. The highest BCUT2D eigenvalue weighted by Gasteiger charge is 2.22. The summed E-state index contributed by atoms with van der Waals surface area (Å²) < 4.78 is 0. The van der Waals surface area contributed by atoms with Crippen molar-refractivity contribution in [2.45, 2.75) is 25.7 Å². The molecular formula is C9H17N3O2. The molecule has 0 spiro atoms. The molecule has 1 saturated carbocycles. The second-order valence-corrected chi connectivity index (χ2v) is 3.81. The van der Waals surface area contributed by atoms with Gasteiger partial charge in [-0.25, -0.2) is 5.84 Å². The van der Waals surface area contributed by atoms with Crippen molar-refractivity contribution in [2.75, 3.05) is 13.6 Å². The summed E-state index contributed by atoms with van der Waals surface area (Å²) in [5.41, 5.74) is 1.84. The first-order valence-corrected chi connectivity index (χ1v) is 4.91. The lowest BCUT2D eigenvalue weighted by Crippen LogP contribution is -2.45. The molecule has 5 nitrogen and oxygen atoms in total. The summed E-state index contributed by atoms with van der Waals surface area (Å²) in [7, 11) is 1.63. The molecule has 80 valence electrons. The zero-order valence-electron chi connectivity index (χ0n) is 8.45. The van der Waals surface area contributed by atoms with Gasteiger partial charge in [-0.15, -0.1) is 0 Å². The predicted octanol–water partition coefficient (Wildman–Crippen LogP) is -0.375. The molecule has 0 bridgehead atoms. The van der Waals surface area contributed by atoms with E-state index in [-0.39, 0.29) is 0 Å². The summed E-state index contributed by atoms with van der Waals surface area (Å²) in [5.74, 6) is 4.12. The zero-order valence-corrected chi connectivity index (χ0v) is 8.45. The molecule has 0 aliphatic heterocycles. The molecule has 0 aromatic rings. The number of nitrogens with two attached hydrogens (primary N) is 1. The van der Waals surface area contributed by atoms with E-state index >= 15 is 0 Å². The Morgan fingerprint density at radius 2 is 2.00 bits per heavy atom. The van der Waals surface area contributed by atoms with E-state index < -0.39 is 11.8 Å². The quantitative estimate of drug-likeness (QED) is 0.275. The highest BCUT2D eigenvalue weighted by molar-refractivity contribution is 6.34. The molecule has 2 amide bonds. The third-order valence-corrected chi connectivity index (χ3v) is 2.68. The van der Waals surface area contributed by atoms with E-state index in [0.29, 0.717) is 12.5 Å². The van der Waals surface area contributed by atoms with Gasteiger partial charge in [-0.1, -0.05) is 12.8 Å². The van der Waals surface area contributed by atoms with Crippen LogP contribution >= 0.6 is 0 Å². The van der Waals surface area contributed by atoms with Gasteiger partial charge < -0.3 is 4.90 Å². The maximum Gasteiger partial charge on any atom is 0.323 e. The third kappa shape index (κ3) is 2.70. The van der Waals surface area contributed by atoms with E-state index in [0.717, 1.165) is 12.8 Å². The van der Waals surface area contributed by atoms with Crippen LogP contribution in [0.1, 0.15) is 25.7 Å². The minimum atomic E-state index is -0.745. The maximum absolute atomic E-state index is 11.3. The van der Waals surface area contributed by atoms with E-state index in [4.69, 9.17) is 5.84 Å². The van der Waals surface area contributed by atoms with Crippen molar-refractivity contribution in [1.29, 1.82) is 0 Å². The lowest BCUT2D eigenvalue weighted by atomic mass is 10.1. The number of carbonyl (C=O) groups excluding carboxylic acids is 2. The Bertz CT molecular complexity index is 224. The van der Waals surface area contributed by atoms with Crippen LogP contribution in [0.2, 0.25) is 0 Å². The molecular weight excluding hydrogens is 182 g/mol. The normalized spacial score (nSPS) is 16.7. The highest BCUT2D eigenvalue weighted by Crippen LogP contribution is 2.25. The van der Waals surface area contributed by atoms with Gasteiger partial charge >= 0.3 is 11.8 Å². The highest BCUT2D eigenvalue weighted by atomic mass is 16.2. The lowest BCUT2D eigenvalue weighted by Gasteiger charge is -2.19. The molecule has 0 saturated heterocycles. The monoisotopic (exact) mass is 199 g/mol. The number of nitrogens with zero attached hydrogens (tertiary/aromatic N) is 1. The van der Waals surface area contributed by atoms with Crippen molar-refractivity contribution in [3.8, 4) is 0 Å². The van der Waals surface area contributed by atoms with E-state index in [1.165, 1.54) is 17.7 Å². The summed E-state index contributed by atoms with van der Waals surface area (Å²) in [5, 5.41) is 0. The Hall–Kier alpha value is -1.10. The smallest absolute Gasteiger partial charge is 0.323 e. The Morgan fingerprint density at radius 1 is 1.43 bits per heavy atom. The number of hydrogen-bond acceptors (Lipinski definition) is 3. The maximum atomic E-state index is 11.3. The second kappa shape index (κ2) is 4.95. The van der Waals surface area contributed by atoms with Crippen LogP contribution in [0, 0.1) is 5.92 Å². The fourth-order valence-electron chi connectivity index (χ4n) is 1.90. The first-order chi connectivity index (χ1) is 6.65. The van der Waals surface area contributed by atoms with Gasteiger partial charge in [0.05, 0.1) is 0 Å². The van der Waals surface area contributed by atoms with Gasteiger partial charge in [-0.2, -0.15) is 0 Å². The number of hydrogen-bond donors (Lipinski definition) is 2. The number of nitrogens with one attached hydrogen (secondary N) is 1. The van der Waals surface area contributed by atoms with E-state index in [1.807, 2.05) is 5.43 Å². The Balaban J connectivity index is 2.36. The molecule has 3 N–H and O–H groups in total. The Morgan fingerprint density at radius 3 is 2.50 bits per heavy atom. The average Bonchev–Trinajstić information content (AvgIpc) is 2.68. The fraction of sp³-hybridized carbons (Fsp3) is 0.778. The third-order valence-electron chi connectivity index (χ3n) is 2.68. The number of hydrazine groups is 1. The molecule has 0 atom stereocenters. The topological polar surface area (TPSA) is 75.4 Å². The van der Waals surface area contributed by atoms with E-state index in [2.05, 4.69) is 0 Å². The minimum Gasteiger partial charge on any atom is -0.337 e. The average molecular weight is 199 g/mol. The molecule has 0 aromatic heterocycles. The molecule has 1 fully saturated rings. The van der Waals surface area contributed by atoms with Crippen molar-refractivity contribution in [1.82, 2.24) is 10.3 Å². The molecule has 0 heterocycles. The van der Waals surface area contributed by atoms with Crippen LogP contribution in [0.3, 0.4) is 0 Å². The molecule has 1 aliphatic carbocycles. The molecule has 1 rings (SSSR count). The van der Waals surface area contributed by atoms with Crippen LogP contribution in [0.4, 0.5) is 0 Å². The molecule has 0 aromatic carbocycles. The lowest BCUT2D eigenvalue weighted by molar-refractivity contribution is -0.145. The Labute approximate surface area is 83.6 Å². The minimum absolute atomic E-state index is 0.550. The van der Waals surface area contributed by atoms with Crippen LogP contribution in [0.5, 0.6) is 0 Å². The summed E-state index contributed by atoms with van der Waals surface area (Å²) in [6, 6.07) is 0. The number of likely N-dealkylation sites (N-methyl/N-ethyl adjacent to an activating group) is 1. The van der Waals surface area contributed by atoms with Crippen LogP contribution in [-0.2, 0) is 9.59 Å². The van der Waals surface area contributed by atoms with Gasteiger partial charge in [0.15, 0.2) is 0 Å². The summed E-state index contributed by atoms with van der Waals surface area (Å²) in [6.45, 7) is 0.659. The number of amides is 2. The molecule has 0 radical (unpaired) electrons. The SMILES string of the molecule is CN(CC1CCCC1)C(=O)C(=O)NN. The fourth-order valence-corrected chi connectivity index (χ4v) is 1.90. The van der Waals surface area contributed by atoms with Crippen molar-refractivity contribution < 1.29 is 9.59 Å². The largest absolute Gasteiger partial charge is 0.337 e. The van der Waals surface area contributed by atoms with Crippen LogP contribution < -0.4 is 11.3 Å². The van der Waals surface area contributed by atoms with Gasteiger partial charge in [0.25, 0.3) is 0 Å². The van der Waals surface area contributed by atoms with Gasteiger partial charge in [-0.3, -0.25) is 15.0 Å². The second-order valence-electron chi connectivity index (χ2n) is 3.81. The van der Waals surface area contributed by atoms with Crippen LogP contribution in [0.25, 0.3) is 0 Å². The molecule has 5 heteroatoms. The van der Waals surface area contributed by atoms with Crippen LogP contribution in [0.15, 0.2) is 0 Å².